The van der Waals surface area contributed by atoms with Crippen LogP contribution in [0, 0.1) is 5.82 Å². The molecule has 0 bridgehead atoms. The predicted molar refractivity (Wildman–Crippen MR) is 125 cm³/mol. The number of carbonyl (C=O) groups is 1. The highest BCUT2D eigenvalue weighted by Gasteiger charge is 2.35. The van der Waals surface area contributed by atoms with Crippen molar-refractivity contribution in [2.24, 2.45) is 7.05 Å². The number of hydrogen-bond acceptors (Lipinski definition) is 8. The third-order valence-corrected chi connectivity index (χ3v) is 5.19. The summed E-state index contributed by atoms with van der Waals surface area (Å²) in [6.45, 7) is -0.0183. The highest BCUT2D eigenvalue weighted by atomic mass is 35.5. The number of nitrogens with zero attached hydrogens (tertiary/aromatic N) is 3. The van der Waals surface area contributed by atoms with Crippen LogP contribution in [0.2, 0.25) is 5.02 Å². The first-order chi connectivity index (χ1) is 17.9. The van der Waals surface area contributed by atoms with Gasteiger partial charge >= 0.3 is 17.8 Å². The molecule has 2 aromatic heterocycles. The van der Waals surface area contributed by atoms with E-state index in [2.05, 4.69) is 4.98 Å². The zero-order valence-corrected chi connectivity index (χ0v) is 20.6. The van der Waals surface area contributed by atoms with Crippen LogP contribution in [0.1, 0.15) is 12.1 Å². The van der Waals surface area contributed by atoms with Gasteiger partial charge in [-0.25, -0.2) is 23.5 Å². The van der Waals surface area contributed by atoms with Gasteiger partial charge in [0.2, 0.25) is 0 Å². The van der Waals surface area contributed by atoms with Crippen molar-refractivity contribution in [3.63, 3.8) is 0 Å². The van der Waals surface area contributed by atoms with E-state index in [4.69, 9.17) is 30.5 Å². The number of methoxy groups -OCH3 is 1. The second-order valence-electron chi connectivity index (χ2n) is 7.54. The molecule has 2 heterocycles. The average Bonchev–Trinajstić information content (AvgIpc) is 2.85. The molecule has 0 radical (unpaired) electrons. The van der Waals surface area contributed by atoms with Gasteiger partial charge in [-0.3, -0.25) is 9.36 Å². The molecule has 0 unspecified atom stereocenters. The lowest BCUT2D eigenvalue weighted by atomic mass is 10.2. The molecule has 0 amide bonds. The van der Waals surface area contributed by atoms with E-state index in [1.54, 1.807) is 0 Å². The molecule has 0 atom stereocenters. The van der Waals surface area contributed by atoms with Crippen LogP contribution in [-0.4, -0.2) is 47.0 Å². The molecule has 10 nitrogen and oxygen atoms in total. The first-order valence-corrected chi connectivity index (χ1v) is 11.1. The quantitative estimate of drug-likeness (QED) is 0.210. The number of esters is 1. The fourth-order valence-electron chi connectivity index (χ4n) is 3.13. The van der Waals surface area contributed by atoms with Crippen LogP contribution >= 0.6 is 11.6 Å². The van der Waals surface area contributed by atoms with Crippen LogP contribution < -0.4 is 20.7 Å². The Bertz CT molecular complexity index is 1440. The molecule has 1 aromatic carbocycles. The molecule has 0 saturated heterocycles. The first kappa shape index (κ1) is 28.7. The normalized spacial score (nSPS) is 11.3. The highest BCUT2D eigenvalue weighted by molar-refractivity contribution is 6.32. The topological polar surface area (TPSA) is 111 Å². The van der Waals surface area contributed by atoms with E-state index < -0.39 is 47.2 Å². The minimum Gasteiger partial charge on any atom is -0.463 e. The van der Waals surface area contributed by atoms with Crippen molar-refractivity contribution in [1.29, 1.82) is 0 Å². The van der Waals surface area contributed by atoms with E-state index in [9.17, 15) is 31.9 Å². The largest absolute Gasteiger partial charge is 0.463 e. The molecule has 3 rings (SSSR count). The Morgan fingerprint density at radius 1 is 1.13 bits per heavy atom. The first-order valence-electron chi connectivity index (χ1n) is 10.7. The second kappa shape index (κ2) is 12.1. The lowest BCUT2D eigenvalue weighted by Crippen LogP contribution is -2.41. The minimum absolute atomic E-state index is 0.0909. The molecular weight excluding hydrogens is 542 g/mol. The van der Waals surface area contributed by atoms with Gasteiger partial charge in [0.1, 0.15) is 17.3 Å². The SMILES string of the molecule is COCCCOC(=O)COc1ncccc1Oc1cc(-n2c(=O)cc(C(F)(F)F)n(C)c2=O)c(F)cc1Cl. The van der Waals surface area contributed by atoms with Crippen LogP contribution in [-0.2, 0) is 27.5 Å². The summed E-state index contributed by atoms with van der Waals surface area (Å²) >= 11 is 6.07. The van der Waals surface area contributed by atoms with Gasteiger partial charge in [-0.2, -0.15) is 13.2 Å². The van der Waals surface area contributed by atoms with Gasteiger partial charge in [0.05, 0.1) is 17.3 Å². The third kappa shape index (κ3) is 6.69. The van der Waals surface area contributed by atoms with Crippen molar-refractivity contribution < 1.29 is 41.3 Å². The van der Waals surface area contributed by atoms with Crippen molar-refractivity contribution in [3.05, 3.63) is 73.9 Å². The van der Waals surface area contributed by atoms with Gasteiger partial charge in [-0.1, -0.05) is 11.6 Å². The Hall–Kier alpha value is -3.91. The Labute approximate surface area is 216 Å². The Kier molecular flexibility index (Phi) is 9.12. The van der Waals surface area contributed by atoms with Gasteiger partial charge < -0.3 is 18.9 Å². The minimum atomic E-state index is -4.99. The number of carbonyl (C=O) groups excluding carboxylic acids is 1. The lowest BCUT2D eigenvalue weighted by Gasteiger charge is -2.16. The third-order valence-electron chi connectivity index (χ3n) is 4.89. The van der Waals surface area contributed by atoms with Crippen LogP contribution in [0.5, 0.6) is 17.4 Å². The van der Waals surface area contributed by atoms with Gasteiger partial charge in [0.25, 0.3) is 11.4 Å². The zero-order valence-electron chi connectivity index (χ0n) is 19.9. The van der Waals surface area contributed by atoms with Crippen molar-refractivity contribution in [1.82, 2.24) is 14.1 Å². The average molecular weight is 562 g/mol. The second-order valence-corrected chi connectivity index (χ2v) is 7.95. The maximum Gasteiger partial charge on any atom is 0.431 e. The zero-order chi connectivity index (χ0) is 28.0. The molecule has 0 aliphatic rings. The monoisotopic (exact) mass is 561 g/mol. The molecule has 3 aromatic rings. The summed E-state index contributed by atoms with van der Waals surface area (Å²) in [6.07, 6.45) is -3.18. The number of pyridine rings is 1. The summed E-state index contributed by atoms with van der Waals surface area (Å²) < 4.78 is 75.4. The Morgan fingerprint density at radius 3 is 2.55 bits per heavy atom. The molecule has 0 spiro atoms. The van der Waals surface area contributed by atoms with Crippen molar-refractivity contribution in [2.45, 2.75) is 12.6 Å². The molecule has 0 fully saturated rings. The van der Waals surface area contributed by atoms with Crippen molar-refractivity contribution >= 4 is 17.6 Å². The van der Waals surface area contributed by atoms with E-state index in [1.165, 1.54) is 25.4 Å². The van der Waals surface area contributed by atoms with Gasteiger partial charge in [0.15, 0.2) is 12.4 Å². The Morgan fingerprint density at radius 2 is 1.87 bits per heavy atom. The number of hydrogen-bond donors (Lipinski definition) is 0. The summed E-state index contributed by atoms with van der Waals surface area (Å²) in [5.74, 6) is -2.44. The van der Waals surface area contributed by atoms with E-state index >= 15 is 0 Å². The fraction of sp³-hybridized carbons (Fsp3) is 0.304. The molecule has 204 valence electrons. The number of ether oxygens (including phenoxy) is 4. The lowest BCUT2D eigenvalue weighted by molar-refractivity contribution is -0.146. The summed E-state index contributed by atoms with van der Waals surface area (Å²) in [6, 6.07) is 4.55. The summed E-state index contributed by atoms with van der Waals surface area (Å²) in [7, 11) is 2.29. The van der Waals surface area contributed by atoms with Gasteiger partial charge in [0, 0.05) is 45.5 Å². The van der Waals surface area contributed by atoms with E-state index in [0.29, 0.717) is 19.1 Å². The fourth-order valence-corrected chi connectivity index (χ4v) is 3.32. The van der Waals surface area contributed by atoms with E-state index in [-0.39, 0.29) is 44.2 Å². The Balaban J connectivity index is 1.91. The number of alkyl halides is 3. The molecule has 0 aliphatic heterocycles. The highest BCUT2D eigenvalue weighted by Crippen LogP contribution is 2.36. The van der Waals surface area contributed by atoms with Crippen molar-refractivity contribution in [2.75, 3.05) is 26.9 Å². The van der Waals surface area contributed by atoms with E-state index in [1.807, 2.05) is 0 Å². The summed E-state index contributed by atoms with van der Waals surface area (Å²) in [5, 5.41) is -0.310. The molecule has 0 aliphatic carbocycles. The van der Waals surface area contributed by atoms with E-state index in [0.717, 1.165) is 13.1 Å². The van der Waals surface area contributed by atoms with Crippen LogP contribution in [0.15, 0.2) is 46.1 Å². The number of benzene rings is 1. The molecule has 0 N–H and O–H groups in total. The number of halogens is 5. The molecule has 38 heavy (non-hydrogen) atoms. The van der Waals surface area contributed by atoms with Crippen LogP contribution in [0.25, 0.3) is 5.69 Å². The van der Waals surface area contributed by atoms with Crippen LogP contribution in [0.4, 0.5) is 17.6 Å². The maximum atomic E-state index is 14.8. The standard InChI is InChI=1S/C23H20ClF4N3O7/c1-30-18(23(26,27)28)11-19(32)31(22(30)34)15-10-17(13(24)9-14(15)25)38-16-5-3-6-29-21(16)37-12-20(33)36-8-4-7-35-2/h3,5-6,9-11H,4,7-8,12H2,1-2H3. The number of rotatable bonds is 10. The van der Waals surface area contributed by atoms with Crippen molar-refractivity contribution in [3.8, 4) is 23.1 Å². The van der Waals surface area contributed by atoms with Crippen LogP contribution in [0.3, 0.4) is 0 Å². The molecule has 15 heteroatoms. The summed E-state index contributed by atoms with van der Waals surface area (Å²) in [5.41, 5.74) is -5.10. The van der Waals surface area contributed by atoms with Gasteiger partial charge in [-0.15, -0.1) is 0 Å². The molecular formula is C23H20ClF4N3O7. The smallest absolute Gasteiger partial charge is 0.431 e. The molecule has 0 saturated carbocycles. The number of aromatic nitrogens is 3. The van der Waals surface area contributed by atoms with Gasteiger partial charge in [-0.05, 0) is 18.2 Å². The predicted octanol–water partition coefficient (Wildman–Crippen LogP) is 3.49. The maximum absolute atomic E-state index is 14.8. The summed E-state index contributed by atoms with van der Waals surface area (Å²) in [4.78, 5) is 40.8.